The highest BCUT2D eigenvalue weighted by molar-refractivity contribution is 7.13. The van der Waals surface area contributed by atoms with Crippen LogP contribution in [0.25, 0.3) is 10.9 Å². The molecule has 0 atom stereocenters. The number of aromatic nitrogens is 2. The van der Waals surface area contributed by atoms with Crippen molar-refractivity contribution in [2.45, 2.75) is 6.92 Å². The van der Waals surface area contributed by atoms with Crippen molar-refractivity contribution < 1.29 is 9.90 Å². The fourth-order valence-electron chi connectivity index (χ4n) is 2.28. The smallest absolute Gasteiger partial charge is 0.267 e. The van der Waals surface area contributed by atoms with Gasteiger partial charge in [0.25, 0.3) is 11.5 Å². The van der Waals surface area contributed by atoms with Crippen molar-refractivity contribution in [3.8, 4) is 5.75 Å². The number of nitrogens with one attached hydrogen (secondary N) is 1. The van der Waals surface area contributed by atoms with E-state index in [4.69, 9.17) is 11.6 Å². The SMILES string of the molecule is Cc1csc(NC(=O)c2c(O)c3cc(Cl)ccc3n(C)c2=O)n1. The van der Waals surface area contributed by atoms with E-state index < -0.39 is 17.2 Å². The van der Waals surface area contributed by atoms with E-state index in [1.54, 1.807) is 24.4 Å². The summed E-state index contributed by atoms with van der Waals surface area (Å²) in [4.78, 5) is 28.9. The molecule has 8 heteroatoms. The number of amides is 1. The lowest BCUT2D eigenvalue weighted by Gasteiger charge is -2.11. The van der Waals surface area contributed by atoms with Crippen LogP contribution in [0.4, 0.5) is 5.13 Å². The number of aromatic hydroxyl groups is 1. The van der Waals surface area contributed by atoms with E-state index in [1.807, 2.05) is 0 Å². The number of thiazole rings is 1. The summed E-state index contributed by atoms with van der Waals surface area (Å²) in [5.41, 5.74) is 0.310. The van der Waals surface area contributed by atoms with E-state index in [2.05, 4.69) is 10.3 Å². The molecule has 0 bridgehead atoms. The number of pyridine rings is 1. The minimum atomic E-state index is -0.709. The van der Waals surface area contributed by atoms with E-state index in [0.29, 0.717) is 21.1 Å². The van der Waals surface area contributed by atoms with Crippen LogP contribution in [-0.4, -0.2) is 20.6 Å². The van der Waals surface area contributed by atoms with Crippen LogP contribution in [0.5, 0.6) is 5.75 Å². The van der Waals surface area contributed by atoms with Crippen LogP contribution < -0.4 is 10.9 Å². The van der Waals surface area contributed by atoms with E-state index in [9.17, 15) is 14.7 Å². The Morgan fingerprint density at radius 1 is 1.43 bits per heavy atom. The molecular formula is C15H12ClN3O3S. The van der Waals surface area contributed by atoms with Gasteiger partial charge in [-0.25, -0.2) is 4.98 Å². The molecule has 1 aromatic carbocycles. The zero-order chi connectivity index (χ0) is 16.7. The number of hydrogen-bond acceptors (Lipinski definition) is 5. The molecule has 1 amide bonds. The number of fused-ring (bicyclic) bond motifs is 1. The van der Waals surface area contributed by atoms with Crippen LogP contribution in [0, 0.1) is 6.92 Å². The lowest BCUT2D eigenvalue weighted by molar-refractivity contribution is 0.102. The molecule has 0 spiro atoms. The maximum atomic E-state index is 12.4. The fraction of sp³-hybridized carbons (Fsp3) is 0.133. The van der Waals surface area contributed by atoms with E-state index in [0.717, 1.165) is 5.69 Å². The third kappa shape index (κ3) is 2.69. The second-order valence-electron chi connectivity index (χ2n) is 5.00. The average molecular weight is 350 g/mol. The highest BCUT2D eigenvalue weighted by Crippen LogP contribution is 2.29. The quantitative estimate of drug-likeness (QED) is 0.745. The number of nitrogens with zero attached hydrogens (tertiary/aromatic N) is 2. The number of hydrogen-bond donors (Lipinski definition) is 2. The van der Waals surface area contributed by atoms with Gasteiger partial charge in [-0.2, -0.15) is 0 Å². The highest BCUT2D eigenvalue weighted by Gasteiger charge is 2.22. The number of anilines is 1. The predicted molar refractivity (Wildman–Crippen MR) is 90.7 cm³/mol. The van der Waals surface area contributed by atoms with Gasteiger partial charge >= 0.3 is 0 Å². The first-order valence-electron chi connectivity index (χ1n) is 6.63. The van der Waals surface area contributed by atoms with Gasteiger partial charge in [-0.15, -0.1) is 11.3 Å². The summed E-state index contributed by atoms with van der Waals surface area (Å²) in [6.45, 7) is 1.79. The van der Waals surface area contributed by atoms with Crippen LogP contribution in [0.15, 0.2) is 28.4 Å². The van der Waals surface area contributed by atoms with E-state index >= 15 is 0 Å². The molecule has 0 radical (unpaired) electrons. The van der Waals surface area contributed by atoms with Gasteiger partial charge in [0, 0.05) is 22.8 Å². The van der Waals surface area contributed by atoms with Crippen LogP contribution in [-0.2, 0) is 7.05 Å². The van der Waals surface area contributed by atoms with Crippen molar-refractivity contribution >= 4 is 44.9 Å². The molecule has 0 unspecified atom stereocenters. The third-order valence-corrected chi connectivity index (χ3v) is 4.51. The monoisotopic (exact) mass is 349 g/mol. The first kappa shape index (κ1) is 15.5. The number of carbonyl (C=O) groups is 1. The largest absolute Gasteiger partial charge is 0.506 e. The molecule has 2 aromatic heterocycles. The van der Waals surface area contributed by atoms with E-state index in [-0.39, 0.29) is 5.56 Å². The van der Waals surface area contributed by atoms with Crippen molar-refractivity contribution in [2.24, 2.45) is 7.05 Å². The zero-order valence-corrected chi connectivity index (χ0v) is 13.8. The summed E-state index contributed by atoms with van der Waals surface area (Å²) in [6.07, 6.45) is 0. The molecule has 118 valence electrons. The summed E-state index contributed by atoms with van der Waals surface area (Å²) in [5, 5.41) is 15.8. The second kappa shape index (κ2) is 5.68. The highest BCUT2D eigenvalue weighted by atomic mass is 35.5. The van der Waals surface area contributed by atoms with Crippen LogP contribution in [0.2, 0.25) is 5.02 Å². The summed E-state index contributed by atoms with van der Waals surface area (Å²) in [5.74, 6) is -1.10. The molecule has 0 aliphatic rings. The number of carbonyl (C=O) groups excluding carboxylic acids is 1. The molecule has 2 heterocycles. The Hall–Kier alpha value is -2.38. The molecule has 23 heavy (non-hydrogen) atoms. The molecule has 2 N–H and O–H groups in total. The van der Waals surface area contributed by atoms with Crippen LogP contribution in [0.3, 0.4) is 0 Å². The average Bonchev–Trinajstić information content (AvgIpc) is 2.90. The van der Waals surface area contributed by atoms with Crippen molar-refractivity contribution in [1.29, 1.82) is 0 Å². The zero-order valence-electron chi connectivity index (χ0n) is 12.3. The molecule has 0 saturated carbocycles. The molecular weight excluding hydrogens is 338 g/mol. The Bertz CT molecular complexity index is 994. The molecule has 0 aliphatic carbocycles. The Morgan fingerprint density at radius 3 is 2.83 bits per heavy atom. The minimum absolute atomic E-state index is 0.333. The first-order valence-corrected chi connectivity index (χ1v) is 7.89. The standard InChI is InChI=1S/C15H12ClN3O3S/c1-7-6-23-15(17-7)18-13(21)11-12(20)9-5-8(16)3-4-10(9)19(2)14(11)22/h3-6,20H,1-2H3,(H,17,18,21). The molecule has 6 nitrogen and oxygen atoms in total. The van der Waals surface area contributed by atoms with Gasteiger partial charge in [-0.1, -0.05) is 11.6 Å². The van der Waals surface area contributed by atoms with Gasteiger partial charge in [0.15, 0.2) is 5.13 Å². The third-order valence-electron chi connectivity index (χ3n) is 3.40. The molecule has 0 saturated heterocycles. The van der Waals surface area contributed by atoms with Gasteiger partial charge in [0.05, 0.1) is 11.2 Å². The summed E-state index contributed by atoms with van der Waals surface area (Å²) in [7, 11) is 1.53. The summed E-state index contributed by atoms with van der Waals surface area (Å²) < 4.78 is 1.30. The first-order chi connectivity index (χ1) is 10.9. The molecule has 3 rings (SSSR count). The maximum absolute atomic E-state index is 12.4. The van der Waals surface area contributed by atoms with Gasteiger partial charge in [0.1, 0.15) is 11.3 Å². The number of aryl methyl sites for hydroxylation is 2. The van der Waals surface area contributed by atoms with Crippen molar-refractivity contribution in [3.05, 3.63) is 50.2 Å². The van der Waals surface area contributed by atoms with Crippen molar-refractivity contribution in [1.82, 2.24) is 9.55 Å². The topological polar surface area (TPSA) is 84.2 Å². The Labute approximate surface area is 140 Å². The lowest BCUT2D eigenvalue weighted by atomic mass is 10.1. The van der Waals surface area contributed by atoms with Gasteiger partial charge < -0.3 is 9.67 Å². The normalized spacial score (nSPS) is 10.9. The van der Waals surface area contributed by atoms with Gasteiger partial charge in [-0.05, 0) is 25.1 Å². The summed E-state index contributed by atoms with van der Waals surface area (Å²) in [6, 6.07) is 4.74. The molecule has 0 aliphatic heterocycles. The Morgan fingerprint density at radius 2 is 2.17 bits per heavy atom. The van der Waals surface area contributed by atoms with Crippen LogP contribution >= 0.6 is 22.9 Å². The lowest BCUT2D eigenvalue weighted by Crippen LogP contribution is -2.28. The maximum Gasteiger partial charge on any atom is 0.267 e. The van der Waals surface area contributed by atoms with Crippen LogP contribution in [0.1, 0.15) is 16.1 Å². The fourth-order valence-corrected chi connectivity index (χ4v) is 3.13. The van der Waals surface area contributed by atoms with Gasteiger partial charge in [0.2, 0.25) is 0 Å². The summed E-state index contributed by atoms with van der Waals surface area (Å²) >= 11 is 7.18. The molecule has 0 fully saturated rings. The Balaban J connectivity index is 2.17. The van der Waals surface area contributed by atoms with Crippen molar-refractivity contribution in [2.75, 3.05) is 5.32 Å². The Kier molecular flexibility index (Phi) is 3.83. The number of rotatable bonds is 2. The number of halogens is 1. The second-order valence-corrected chi connectivity index (χ2v) is 6.29. The number of benzene rings is 1. The molecule has 3 aromatic rings. The predicted octanol–water partition coefficient (Wildman–Crippen LogP) is 2.91. The minimum Gasteiger partial charge on any atom is -0.506 e. The van der Waals surface area contributed by atoms with Gasteiger partial charge in [-0.3, -0.25) is 14.9 Å². The van der Waals surface area contributed by atoms with E-state index in [1.165, 1.54) is 29.0 Å². The van der Waals surface area contributed by atoms with Crippen molar-refractivity contribution in [3.63, 3.8) is 0 Å².